The van der Waals surface area contributed by atoms with E-state index in [2.05, 4.69) is 28.2 Å². The van der Waals surface area contributed by atoms with Gasteiger partial charge in [-0.15, -0.1) is 0 Å². The maximum Gasteiger partial charge on any atom is 0.287 e. The number of rotatable bonds is 3. The second kappa shape index (κ2) is 5.85. The standard InChI is InChI=1S/C22H26BrNO2/c1-12-18-8-17(23)3-4-19(18)26-20(12)21(25)24-13(2)22-9-14-5-15(10-22)7-16(6-14)11-22/h3-4,8,13-16H,5-7,9-11H2,1-2H3,(H,24,25). The number of halogens is 1. The molecular weight excluding hydrogens is 390 g/mol. The number of hydrogen-bond acceptors (Lipinski definition) is 2. The van der Waals surface area contributed by atoms with E-state index in [4.69, 9.17) is 4.42 Å². The maximum absolute atomic E-state index is 13.0. The van der Waals surface area contributed by atoms with Gasteiger partial charge in [0.05, 0.1) is 0 Å². The van der Waals surface area contributed by atoms with Crippen LogP contribution in [0, 0.1) is 30.1 Å². The summed E-state index contributed by atoms with van der Waals surface area (Å²) in [7, 11) is 0. The van der Waals surface area contributed by atoms with Gasteiger partial charge in [0.15, 0.2) is 5.76 Å². The molecule has 1 amide bonds. The monoisotopic (exact) mass is 415 g/mol. The highest BCUT2D eigenvalue weighted by atomic mass is 79.9. The molecule has 0 radical (unpaired) electrons. The minimum atomic E-state index is -0.0573. The predicted molar refractivity (Wildman–Crippen MR) is 106 cm³/mol. The van der Waals surface area contributed by atoms with Gasteiger partial charge in [-0.05, 0) is 93.7 Å². The van der Waals surface area contributed by atoms with E-state index in [1.807, 2.05) is 25.1 Å². The van der Waals surface area contributed by atoms with Crippen molar-refractivity contribution in [2.75, 3.05) is 0 Å². The van der Waals surface area contributed by atoms with E-state index in [1.54, 1.807) is 0 Å². The van der Waals surface area contributed by atoms with Crippen molar-refractivity contribution in [3.63, 3.8) is 0 Å². The summed E-state index contributed by atoms with van der Waals surface area (Å²) in [6.45, 7) is 4.20. The topological polar surface area (TPSA) is 42.2 Å². The molecule has 3 nitrogen and oxygen atoms in total. The Labute approximate surface area is 163 Å². The molecule has 2 aromatic rings. The van der Waals surface area contributed by atoms with E-state index in [0.717, 1.165) is 38.8 Å². The maximum atomic E-state index is 13.0. The average Bonchev–Trinajstić information content (AvgIpc) is 2.90. The van der Waals surface area contributed by atoms with Crippen molar-refractivity contribution in [1.29, 1.82) is 0 Å². The molecule has 138 valence electrons. The summed E-state index contributed by atoms with van der Waals surface area (Å²) in [4.78, 5) is 13.0. The quantitative estimate of drug-likeness (QED) is 0.683. The molecule has 4 aliphatic rings. The SMILES string of the molecule is Cc1c(C(=O)NC(C)C23CC4CC(CC(C4)C2)C3)oc2ccc(Br)cc12. The minimum Gasteiger partial charge on any atom is -0.451 e. The van der Waals surface area contributed by atoms with Gasteiger partial charge in [0.1, 0.15) is 5.58 Å². The summed E-state index contributed by atoms with van der Waals surface area (Å²) in [6, 6.07) is 6.10. The number of aryl methyl sites for hydroxylation is 1. The number of benzene rings is 1. The summed E-state index contributed by atoms with van der Waals surface area (Å²) in [5.74, 6) is 3.09. The van der Waals surface area contributed by atoms with Gasteiger partial charge in [0.2, 0.25) is 0 Å². The zero-order chi connectivity index (χ0) is 18.1. The highest BCUT2D eigenvalue weighted by molar-refractivity contribution is 9.10. The molecule has 0 saturated heterocycles. The van der Waals surface area contributed by atoms with Crippen LogP contribution in [0.2, 0.25) is 0 Å². The van der Waals surface area contributed by atoms with Crippen LogP contribution >= 0.6 is 15.9 Å². The van der Waals surface area contributed by atoms with Gasteiger partial charge in [0, 0.05) is 21.5 Å². The predicted octanol–water partition coefficient (Wildman–Crippen LogP) is 5.84. The van der Waals surface area contributed by atoms with Gasteiger partial charge < -0.3 is 9.73 Å². The molecule has 1 heterocycles. The lowest BCUT2D eigenvalue weighted by Crippen LogP contribution is -2.55. The first-order chi connectivity index (χ1) is 12.4. The first kappa shape index (κ1) is 16.9. The third-order valence-electron chi connectivity index (χ3n) is 7.46. The van der Waals surface area contributed by atoms with Gasteiger partial charge >= 0.3 is 0 Å². The van der Waals surface area contributed by atoms with Crippen LogP contribution < -0.4 is 5.32 Å². The Hall–Kier alpha value is -1.29. The van der Waals surface area contributed by atoms with Crippen LogP contribution in [0.5, 0.6) is 0 Å². The smallest absolute Gasteiger partial charge is 0.287 e. The van der Waals surface area contributed by atoms with E-state index in [9.17, 15) is 4.79 Å². The summed E-state index contributed by atoms with van der Waals surface area (Å²) >= 11 is 3.50. The van der Waals surface area contributed by atoms with Crippen LogP contribution in [0.15, 0.2) is 27.1 Å². The lowest BCUT2D eigenvalue weighted by molar-refractivity contribution is -0.0688. The van der Waals surface area contributed by atoms with Crippen molar-refractivity contribution in [3.8, 4) is 0 Å². The van der Waals surface area contributed by atoms with Crippen molar-refractivity contribution in [1.82, 2.24) is 5.32 Å². The lowest BCUT2D eigenvalue weighted by Gasteiger charge is -2.59. The number of fused-ring (bicyclic) bond motifs is 1. The number of carbonyl (C=O) groups excluding carboxylic acids is 1. The highest BCUT2D eigenvalue weighted by Crippen LogP contribution is 2.61. The first-order valence-corrected chi connectivity index (χ1v) is 10.7. The van der Waals surface area contributed by atoms with Crippen LogP contribution in [0.25, 0.3) is 11.0 Å². The number of hydrogen-bond donors (Lipinski definition) is 1. The molecular formula is C22H26BrNO2. The Bertz CT molecular complexity index is 848. The fourth-order valence-electron chi connectivity index (χ4n) is 6.53. The third kappa shape index (κ3) is 2.56. The normalized spacial score (nSPS) is 33.6. The number of furan rings is 1. The Morgan fingerprint density at radius 1 is 1.19 bits per heavy atom. The summed E-state index contributed by atoms with van der Waals surface area (Å²) in [5.41, 5.74) is 2.02. The van der Waals surface area contributed by atoms with E-state index >= 15 is 0 Å². The molecule has 1 N–H and O–H groups in total. The van der Waals surface area contributed by atoms with Crippen molar-refractivity contribution in [2.45, 2.75) is 58.4 Å². The lowest BCUT2D eigenvalue weighted by atomic mass is 9.48. The molecule has 1 aromatic carbocycles. The molecule has 4 heteroatoms. The van der Waals surface area contributed by atoms with Gasteiger partial charge in [-0.1, -0.05) is 15.9 Å². The van der Waals surface area contributed by atoms with Crippen LogP contribution in [0.1, 0.15) is 61.6 Å². The summed E-state index contributed by atoms with van der Waals surface area (Å²) < 4.78 is 6.91. The molecule has 4 aliphatic carbocycles. The fraction of sp³-hybridized carbons (Fsp3) is 0.591. The van der Waals surface area contributed by atoms with Gasteiger partial charge in [-0.25, -0.2) is 0 Å². The zero-order valence-electron chi connectivity index (χ0n) is 15.5. The van der Waals surface area contributed by atoms with Crippen LogP contribution in [-0.2, 0) is 0 Å². The van der Waals surface area contributed by atoms with Crippen LogP contribution in [0.3, 0.4) is 0 Å². The minimum absolute atomic E-state index is 0.0573. The van der Waals surface area contributed by atoms with E-state index in [1.165, 1.54) is 38.5 Å². The Kier molecular flexibility index (Phi) is 3.79. The average molecular weight is 416 g/mol. The van der Waals surface area contributed by atoms with Crippen molar-refractivity contribution in [2.24, 2.45) is 23.2 Å². The largest absolute Gasteiger partial charge is 0.451 e. The van der Waals surface area contributed by atoms with Crippen molar-refractivity contribution < 1.29 is 9.21 Å². The van der Waals surface area contributed by atoms with Gasteiger partial charge in [0.25, 0.3) is 5.91 Å². The Morgan fingerprint density at radius 2 is 1.81 bits per heavy atom. The highest BCUT2D eigenvalue weighted by Gasteiger charge is 2.53. The molecule has 26 heavy (non-hydrogen) atoms. The molecule has 0 aliphatic heterocycles. The Morgan fingerprint density at radius 3 is 2.42 bits per heavy atom. The molecule has 6 rings (SSSR count). The van der Waals surface area contributed by atoms with E-state index in [-0.39, 0.29) is 11.9 Å². The first-order valence-electron chi connectivity index (χ1n) is 9.93. The summed E-state index contributed by atoms with van der Waals surface area (Å²) in [5, 5.41) is 4.33. The second-order valence-electron chi connectivity index (χ2n) is 9.17. The third-order valence-corrected chi connectivity index (χ3v) is 7.95. The summed E-state index contributed by atoms with van der Waals surface area (Å²) in [6.07, 6.45) is 8.18. The molecule has 1 aromatic heterocycles. The molecule has 4 bridgehead atoms. The van der Waals surface area contributed by atoms with Gasteiger partial charge in [-0.3, -0.25) is 4.79 Å². The van der Waals surface area contributed by atoms with E-state index < -0.39 is 0 Å². The molecule has 0 spiro atoms. The number of amides is 1. The second-order valence-corrected chi connectivity index (χ2v) is 10.1. The molecule has 4 saturated carbocycles. The van der Waals surface area contributed by atoms with E-state index in [0.29, 0.717) is 11.2 Å². The van der Waals surface area contributed by atoms with Crippen LogP contribution in [0.4, 0.5) is 0 Å². The molecule has 1 atom stereocenters. The number of nitrogens with one attached hydrogen (secondary N) is 1. The zero-order valence-corrected chi connectivity index (χ0v) is 17.1. The van der Waals surface area contributed by atoms with Crippen molar-refractivity contribution in [3.05, 3.63) is 34.0 Å². The van der Waals surface area contributed by atoms with Crippen LogP contribution in [-0.4, -0.2) is 11.9 Å². The Balaban J connectivity index is 1.39. The number of carbonyl (C=O) groups is 1. The molecule has 4 fully saturated rings. The van der Waals surface area contributed by atoms with Crippen molar-refractivity contribution >= 4 is 32.8 Å². The molecule has 1 unspecified atom stereocenters. The fourth-order valence-corrected chi connectivity index (χ4v) is 6.89. The van der Waals surface area contributed by atoms with Gasteiger partial charge in [-0.2, -0.15) is 0 Å².